The van der Waals surface area contributed by atoms with Crippen LogP contribution in [0.15, 0.2) is 60.2 Å². The van der Waals surface area contributed by atoms with Gasteiger partial charge in [-0.3, -0.25) is 9.59 Å². The average molecular weight is 444 g/mol. The molecule has 2 aromatic carbocycles. The van der Waals surface area contributed by atoms with Crippen molar-refractivity contribution in [3.05, 3.63) is 71.3 Å². The summed E-state index contributed by atoms with van der Waals surface area (Å²) in [6.45, 7) is 7.59. The second kappa shape index (κ2) is 11.8. The Morgan fingerprint density at radius 3 is 2.52 bits per heavy atom. The van der Waals surface area contributed by atoms with E-state index in [1.165, 1.54) is 13.3 Å². The van der Waals surface area contributed by atoms with Crippen molar-refractivity contribution in [2.75, 3.05) is 13.7 Å². The third-order valence-electron chi connectivity index (χ3n) is 4.30. The summed E-state index contributed by atoms with van der Waals surface area (Å²) in [5.74, 6) is 0.0499. The highest BCUT2D eigenvalue weighted by Crippen LogP contribution is 2.30. The van der Waals surface area contributed by atoms with Crippen molar-refractivity contribution in [3.63, 3.8) is 0 Å². The minimum atomic E-state index is -0.776. The van der Waals surface area contributed by atoms with Gasteiger partial charge in [0, 0.05) is 16.1 Å². The SMILES string of the molecule is C=CCOc1c(/C=N\NC(=O)C(NC(=O)c2ccc(Cl)cc2)C(C)C)cccc1OC. The van der Waals surface area contributed by atoms with Gasteiger partial charge in [0.15, 0.2) is 11.5 Å². The highest BCUT2D eigenvalue weighted by Gasteiger charge is 2.24. The Morgan fingerprint density at radius 2 is 1.90 bits per heavy atom. The first kappa shape index (κ1) is 24.0. The summed E-state index contributed by atoms with van der Waals surface area (Å²) in [6, 6.07) is 11.0. The molecule has 1 atom stereocenters. The molecular formula is C23H26ClN3O4. The van der Waals surface area contributed by atoms with Crippen molar-refractivity contribution >= 4 is 29.6 Å². The van der Waals surface area contributed by atoms with Crippen LogP contribution in [0.4, 0.5) is 0 Å². The summed E-state index contributed by atoms with van der Waals surface area (Å²) in [5.41, 5.74) is 3.50. The van der Waals surface area contributed by atoms with Gasteiger partial charge in [-0.1, -0.05) is 44.2 Å². The number of para-hydroxylation sites is 1. The predicted octanol–water partition coefficient (Wildman–Crippen LogP) is 3.82. The van der Waals surface area contributed by atoms with Gasteiger partial charge in [0.2, 0.25) is 0 Å². The Balaban J connectivity index is 2.09. The number of hydrogen-bond acceptors (Lipinski definition) is 5. The van der Waals surface area contributed by atoms with Crippen LogP contribution in [-0.4, -0.2) is 37.8 Å². The number of halogens is 1. The summed E-state index contributed by atoms with van der Waals surface area (Å²) < 4.78 is 11.0. The van der Waals surface area contributed by atoms with Gasteiger partial charge in [0.05, 0.1) is 13.3 Å². The molecule has 0 aliphatic heterocycles. The molecule has 0 heterocycles. The van der Waals surface area contributed by atoms with E-state index in [0.717, 1.165) is 0 Å². The normalized spacial score (nSPS) is 11.8. The van der Waals surface area contributed by atoms with E-state index in [9.17, 15) is 9.59 Å². The Kier molecular flexibility index (Phi) is 9.09. The molecule has 8 heteroatoms. The molecule has 0 aliphatic carbocycles. The zero-order valence-electron chi connectivity index (χ0n) is 17.7. The molecule has 0 aliphatic rings. The molecule has 0 saturated heterocycles. The molecule has 0 fully saturated rings. The first-order valence-electron chi connectivity index (χ1n) is 9.67. The first-order valence-corrected chi connectivity index (χ1v) is 10.0. The molecule has 0 saturated carbocycles. The lowest BCUT2D eigenvalue weighted by atomic mass is 10.0. The quantitative estimate of drug-likeness (QED) is 0.332. The number of hydrazone groups is 1. The van der Waals surface area contributed by atoms with E-state index in [2.05, 4.69) is 22.4 Å². The number of carbonyl (C=O) groups is 2. The lowest BCUT2D eigenvalue weighted by molar-refractivity contribution is -0.123. The van der Waals surface area contributed by atoms with Crippen LogP contribution < -0.4 is 20.2 Å². The number of nitrogens with zero attached hydrogens (tertiary/aromatic N) is 1. The van der Waals surface area contributed by atoms with E-state index < -0.39 is 11.9 Å². The van der Waals surface area contributed by atoms with Crippen LogP contribution in [0.5, 0.6) is 11.5 Å². The third kappa shape index (κ3) is 6.86. The average Bonchev–Trinajstić information content (AvgIpc) is 2.76. The monoisotopic (exact) mass is 443 g/mol. The fourth-order valence-corrected chi connectivity index (χ4v) is 2.81. The number of carbonyl (C=O) groups excluding carboxylic acids is 2. The Morgan fingerprint density at radius 1 is 1.19 bits per heavy atom. The van der Waals surface area contributed by atoms with Gasteiger partial charge in [-0.05, 0) is 42.3 Å². The maximum absolute atomic E-state index is 12.6. The van der Waals surface area contributed by atoms with Crippen molar-refractivity contribution < 1.29 is 19.1 Å². The van der Waals surface area contributed by atoms with Crippen LogP contribution in [0.3, 0.4) is 0 Å². The number of benzene rings is 2. The van der Waals surface area contributed by atoms with Gasteiger partial charge >= 0.3 is 0 Å². The van der Waals surface area contributed by atoms with Crippen molar-refractivity contribution in [3.8, 4) is 11.5 Å². The second-order valence-corrected chi connectivity index (χ2v) is 7.35. The summed E-state index contributed by atoms with van der Waals surface area (Å²) >= 11 is 5.86. The van der Waals surface area contributed by atoms with E-state index in [0.29, 0.717) is 34.3 Å². The third-order valence-corrected chi connectivity index (χ3v) is 4.55. The van der Waals surface area contributed by atoms with Gasteiger partial charge in [-0.25, -0.2) is 5.43 Å². The van der Waals surface area contributed by atoms with E-state index >= 15 is 0 Å². The predicted molar refractivity (Wildman–Crippen MR) is 122 cm³/mol. The number of amides is 2. The fourth-order valence-electron chi connectivity index (χ4n) is 2.69. The van der Waals surface area contributed by atoms with Gasteiger partial charge in [-0.2, -0.15) is 5.10 Å². The lowest BCUT2D eigenvalue weighted by Gasteiger charge is -2.20. The van der Waals surface area contributed by atoms with E-state index in [1.807, 2.05) is 13.8 Å². The van der Waals surface area contributed by atoms with Crippen LogP contribution in [0.1, 0.15) is 29.8 Å². The van der Waals surface area contributed by atoms with Gasteiger partial charge in [-0.15, -0.1) is 0 Å². The summed E-state index contributed by atoms with van der Waals surface area (Å²) in [4.78, 5) is 25.1. The smallest absolute Gasteiger partial charge is 0.262 e. The summed E-state index contributed by atoms with van der Waals surface area (Å²) in [5, 5.41) is 7.29. The maximum Gasteiger partial charge on any atom is 0.262 e. The van der Waals surface area contributed by atoms with Crippen molar-refractivity contribution in [2.24, 2.45) is 11.0 Å². The molecule has 0 spiro atoms. The first-order chi connectivity index (χ1) is 14.9. The van der Waals surface area contributed by atoms with Crippen molar-refractivity contribution in [1.82, 2.24) is 10.7 Å². The minimum absolute atomic E-state index is 0.158. The highest BCUT2D eigenvalue weighted by atomic mass is 35.5. The number of ether oxygens (including phenoxy) is 2. The molecule has 2 N–H and O–H groups in total. The van der Waals surface area contributed by atoms with Crippen LogP contribution in [0.25, 0.3) is 0 Å². The molecule has 2 rings (SSSR count). The Labute approximate surface area is 187 Å². The minimum Gasteiger partial charge on any atom is -0.493 e. The van der Waals surface area contributed by atoms with Crippen LogP contribution >= 0.6 is 11.6 Å². The molecular weight excluding hydrogens is 418 g/mol. The van der Waals surface area contributed by atoms with Crippen LogP contribution in [0.2, 0.25) is 5.02 Å². The van der Waals surface area contributed by atoms with E-state index in [-0.39, 0.29) is 11.8 Å². The van der Waals surface area contributed by atoms with Crippen LogP contribution in [-0.2, 0) is 4.79 Å². The Hall–Kier alpha value is -3.32. The maximum atomic E-state index is 12.6. The largest absolute Gasteiger partial charge is 0.493 e. The molecule has 0 aromatic heterocycles. The molecule has 164 valence electrons. The van der Waals surface area contributed by atoms with E-state index in [4.69, 9.17) is 21.1 Å². The number of hydrogen-bond donors (Lipinski definition) is 2. The topological polar surface area (TPSA) is 89.0 Å². The molecule has 0 radical (unpaired) electrons. The summed E-state index contributed by atoms with van der Waals surface area (Å²) in [6.07, 6.45) is 3.07. The molecule has 31 heavy (non-hydrogen) atoms. The molecule has 0 bridgehead atoms. The zero-order chi connectivity index (χ0) is 22.8. The lowest BCUT2D eigenvalue weighted by Crippen LogP contribution is -2.48. The van der Waals surface area contributed by atoms with Gasteiger partial charge < -0.3 is 14.8 Å². The standard InChI is InChI=1S/C23H26ClN3O4/c1-5-13-31-21-17(7-6-8-19(21)30-4)14-25-27-23(29)20(15(2)3)26-22(28)16-9-11-18(24)12-10-16/h5-12,14-15,20H,1,13H2,2-4H3,(H,26,28)(H,27,29)/b25-14-. The highest BCUT2D eigenvalue weighted by molar-refractivity contribution is 6.30. The van der Waals surface area contributed by atoms with Crippen molar-refractivity contribution in [1.29, 1.82) is 0 Å². The number of nitrogens with one attached hydrogen (secondary N) is 2. The molecule has 2 aromatic rings. The van der Waals surface area contributed by atoms with Crippen molar-refractivity contribution in [2.45, 2.75) is 19.9 Å². The van der Waals surface area contributed by atoms with E-state index in [1.54, 1.807) is 48.5 Å². The van der Waals surface area contributed by atoms with Crippen LogP contribution in [0, 0.1) is 5.92 Å². The molecule has 7 nitrogen and oxygen atoms in total. The van der Waals surface area contributed by atoms with Gasteiger partial charge in [0.1, 0.15) is 12.6 Å². The fraction of sp³-hybridized carbons (Fsp3) is 0.261. The Bertz CT molecular complexity index is 942. The summed E-state index contributed by atoms with van der Waals surface area (Å²) in [7, 11) is 1.54. The number of rotatable bonds is 10. The molecule has 1 unspecified atom stereocenters. The number of methoxy groups -OCH3 is 1. The molecule has 2 amide bonds. The zero-order valence-corrected chi connectivity index (χ0v) is 18.5. The van der Waals surface area contributed by atoms with Gasteiger partial charge in [0.25, 0.3) is 11.8 Å². The second-order valence-electron chi connectivity index (χ2n) is 6.91.